The van der Waals surface area contributed by atoms with Crippen molar-refractivity contribution in [1.82, 2.24) is 5.32 Å². The van der Waals surface area contributed by atoms with Crippen LogP contribution in [0.1, 0.15) is 28.8 Å². The quantitative estimate of drug-likeness (QED) is 0.829. The monoisotopic (exact) mass is 312 g/mol. The van der Waals surface area contributed by atoms with Crippen molar-refractivity contribution < 1.29 is 4.79 Å². The fourth-order valence-corrected chi connectivity index (χ4v) is 3.66. The SMILES string of the molecule is Cc1ccc(N)cc1C(=O)NCC1(Sc2ccccc2)CC1. The number of hydrogen-bond acceptors (Lipinski definition) is 3. The molecule has 22 heavy (non-hydrogen) atoms. The fraction of sp³-hybridized carbons (Fsp3) is 0.278. The van der Waals surface area contributed by atoms with Crippen LogP contribution in [0.15, 0.2) is 53.4 Å². The van der Waals surface area contributed by atoms with Gasteiger partial charge in [-0.1, -0.05) is 24.3 Å². The zero-order valence-corrected chi connectivity index (χ0v) is 13.5. The van der Waals surface area contributed by atoms with Gasteiger partial charge in [-0.05, 0) is 49.6 Å². The van der Waals surface area contributed by atoms with E-state index >= 15 is 0 Å². The Morgan fingerprint density at radius 1 is 1.23 bits per heavy atom. The lowest BCUT2D eigenvalue weighted by molar-refractivity contribution is 0.0952. The van der Waals surface area contributed by atoms with Crippen LogP contribution in [0.3, 0.4) is 0 Å². The van der Waals surface area contributed by atoms with Gasteiger partial charge in [-0.15, -0.1) is 11.8 Å². The summed E-state index contributed by atoms with van der Waals surface area (Å²) in [5.74, 6) is -0.0373. The number of nitrogen functional groups attached to an aromatic ring is 1. The number of nitrogens with one attached hydrogen (secondary N) is 1. The number of carbonyl (C=O) groups is 1. The van der Waals surface area contributed by atoms with Crippen molar-refractivity contribution >= 4 is 23.4 Å². The Balaban J connectivity index is 1.62. The molecule has 3 N–H and O–H groups in total. The number of hydrogen-bond donors (Lipinski definition) is 2. The van der Waals surface area contributed by atoms with E-state index in [0.717, 1.165) is 18.4 Å². The first-order valence-corrected chi connectivity index (χ1v) is 8.28. The molecule has 1 fully saturated rings. The largest absolute Gasteiger partial charge is 0.399 e. The highest BCUT2D eigenvalue weighted by molar-refractivity contribution is 8.01. The predicted molar refractivity (Wildman–Crippen MR) is 92.2 cm³/mol. The number of aryl methyl sites for hydroxylation is 1. The molecule has 1 aliphatic carbocycles. The molecule has 1 saturated carbocycles. The van der Waals surface area contributed by atoms with Gasteiger partial charge in [0.25, 0.3) is 5.91 Å². The topological polar surface area (TPSA) is 55.1 Å². The van der Waals surface area contributed by atoms with Crippen molar-refractivity contribution in [2.45, 2.75) is 29.4 Å². The molecule has 3 rings (SSSR count). The lowest BCUT2D eigenvalue weighted by atomic mass is 10.1. The summed E-state index contributed by atoms with van der Waals surface area (Å²) in [4.78, 5) is 13.6. The van der Waals surface area contributed by atoms with Crippen molar-refractivity contribution in [3.63, 3.8) is 0 Å². The van der Waals surface area contributed by atoms with Crippen molar-refractivity contribution in [2.75, 3.05) is 12.3 Å². The van der Waals surface area contributed by atoms with E-state index in [2.05, 4.69) is 17.4 Å². The Morgan fingerprint density at radius 2 is 1.95 bits per heavy atom. The molecule has 0 atom stereocenters. The normalized spacial score (nSPS) is 15.3. The fourth-order valence-electron chi connectivity index (χ4n) is 2.41. The summed E-state index contributed by atoms with van der Waals surface area (Å²) in [6, 6.07) is 15.8. The number of anilines is 1. The van der Waals surface area contributed by atoms with Crippen molar-refractivity contribution in [3.8, 4) is 0 Å². The molecular weight excluding hydrogens is 292 g/mol. The Bertz CT molecular complexity index is 681. The van der Waals surface area contributed by atoms with Crippen molar-refractivity contribution in [1.29, 1.82) is 0 Å². The van der Waals surface area contributed by atoms with Gasteiger partial charge >= 0.3 is 0 Å². The third-order valence-electron chi connectivity index (χ3n) is 3.96. The van der Waals surface area contributed by atoms with E-state index in [9.17, 15) is 4.79 Å². The number of benzene rings is 2. The molecule has 2 aromatic carbocycles. The maximum atomic E-state index is 12.4. The molecule has 2 aromatic rings. The van der Waals surface area contributed by atoms with E-state index in [4.69, 9.17) is 5.73 Å². The van der Waals surface area contributed by atoms with Crippen LogP contribution in [0.2, 0.25) is 0 Å². The van der Waals surface area contributed by atoms with Gasteiger partial charge in [-0.2, -0.15) is 0 Å². The molecule has 0 bridgehead atoms. The minimum absolute atomic E-state index is 0.0373. The predicted octanol–water partition coefficient (Wildman–Crippen LogP) is 3.63. The smallest absolute Gasteiger partial charge is 0.251 e. The molecule has 114 valence electrons. The lowest BCUT2D eigenvalue weighted by Crippen LogP contribution is -2.32. The molecule has 0 radical (unpaired) electrons. The van der Waals surface area contributed by atoms with Crippen LogP contribution in [0.4, 0.5) is 5.69 Å². The van der Waals surface area contributed by atoms with E-state index in [1.54, 1.807) is 6.07 Å². The molecule has 0 aromatic heterocycles. The number of rotatable bonds is 5. The molecule has 0 heterocycles. The van der Waals surface area contributed by atoms with Gasteiger partial charge < -0.3 is 11.1 Å². The lowest BCUT2D eigenvalue weighted by Gasteiger charge is -2.16. The van der Waals surface area contributed by atoms with E-state index < -0.39 is 0 Å². The van der Waals surface area contributed by atoms with Crippen molar-refractivity contribution in [3.05, 3.63) is 59.7 Å². The third kappa shape index (κ3) is 3.45. The summed E-state index contributed by atoms with van der Waals surface area (Å²) in [5, 5.41) is 3.07. The molecule has 0 aliphatic heterocycles. The standard InChI is InChI=1S/C18H20N2OS/c1-13-7-8-14(19)11-16(13)17(21)20-12-18(9-10-18)22-15-5-3-2-4-6-15/h2-8,11H,9-10,12,19H2,1H3,(H,20,21). The van der Waals surface area contributed by atoms with Crippen LogP contribution in [0, 0.1) is 6.92 Å². The summed E-state index contributed by atoms with van der Waals surface area (Å²) < 4.78 is 0.158. The van der Waals surface area contributed by atoms with Gasteiger partial charge in [0, 0.05) is 27.4 Å². The van der Waals surface area contributed by atoms with Crippen LogP contribution >= 0.6 is 11.8 Å². The minimum Gasteiger partial charge on any atom is -0.399 e. The van der Waals surface area contributed by atoms with Crippen molar-refractivity contribution in [2.24, 2.45) is 0 Å². The first kappa shape index (κ1) is 15.0. The average molecular weight is 312 g/mol. The first-order chi connectivity index (χ1) is 10.6. The van der Waals surface area contributed by atoms with Crippen LogP contribution < -0.4 is 11.1 Å². The highest BCUT2D eigenvalue weighted by atomic mass is 32.2. The highest BCUT2D eigenvalue weighted by Gasteiger charge is 2.43. The second kappa shape index (κ2) is 6.05. The molecule has 1 amide bonds. The van der Waals surface area contributed by atoms with E-state index in [0.29, 0.717) is 17.8 Å². The molecule has 4 heteroatoms. The number of carbonyl (C=O) groups excluding carboxylic acids is 1. The third-order valence-corrected chi connectivity index (χ3v) is 5.46. The maximum Gasteiger partial charge on any atom is 0.251 e. The Kier molecular flexibility index (Phi) is 4.12. The van der Waals surface area contributed by atoms with Crippen LogP contribution in [0.25, 0.3) is 0 Å². The zero-order valence-electron chi connectivity index (χ0n) is 12.6. The average Bonchev–Trinajstić information content (AvgIpc) is 3.28. The molecular formula is C18H20N2OS. The van der Waals surface area contributed by atoms with Gasteiger partial charge in [0.15, 0.2) is 0 Å². The summed E-state index contributed by atoms with van der Waals surface area (Å²) in [7, 11) is 0. The summed E-state index contributed by atoms with van der Waals surface area (Å²) in [6.45, 7) is 2.62. The van der Waals surface area contributed by atoms with Crippen LogP contribution in [-0.2, 0) is 0 Å². The molecule has 3 nitrogen and oxygen atoms in total. The Labute approximate surface area is 135 Å². The van der Waals surface area contributed by atoms with E-state index in [1.807, 2.05) is 49.0 Å². The van der Waals surface area contributed by atoms with E-state index in [-0.39, 0.29) is 10.7 Å². The molecule has 0 spiro atoms. The highest BCUT2D eigenvalue weighted by Crippen LogP contribution is 2.51. The van der Waals surface area contributed by atoms with Gasteiger partial charge in [-0.25, -0.2) is 0 Å². The van der Waals surface area contributed by atoms with Gasteiger partial charge in [0.1, 0.15) is 0 Å². The second-order valence-electron chi connectivity index (χ2n) is 5.86. The van der Waals surface area contributed by atoms with Gasteiger partial charge in [0.2, 0.25) is 0 Å². The second-order valence-corrected chi connectivity index (χ2v) is 7.40. The summed E-state index contributed by atoms with van der Waals surface area (Å²) in [6.07, 6.45) is 2.28. The molecule has 1 aliphatic rings. The van der Waals surface area contributed by atoms with Crippen LogP contribution in [-0.4, -0.2) is 17.2 Å². The van der Waals surface area contributed by atoms with E-state index in [1.165, 1.54) is 4.90 Å². The zero-order chi connectivity index (χ0) is 15.6. The summed E-state index contributed by atoms with van der Waals surface area (Å²) in [5.41, 5.74) is 8.02. The number of nitrogens with two attached hydrogens (primary N) is 1. The number of amides is 1. The summed E-state index contributed by atoms with van der Waals surface area (Å²) >= 11 is 1.86. The number of thioether (sulfide) groups is 1. The van der Waals surface area contributed by atoms with Crippen LogP contribution in [0.5, 0.6) is 0 Å². The Morgan fingerprint density at radius 3 is 2.64 bits per heavy atom. The first-order valence-electron chi connectivity index (χ1n) is 7.46. The van der Waals surface area contributed by atoms with Gasteiger partial charge in [-0.3, -0.25) is 4.79 Å². The maximum absolute atomic E-state index is 12.4. The Hall–Kier alpha value is -1.94. The molecule has 0 saturated heterocycles. The molecule has 0 unspecified atom stereocenters. The minimum atomic E-state index is -0.0373. The van der Waals surface area contributed by atoms with Gasteiger partial charge in [0.05, 0.1) is 0 Å².